The van der Waals surface area contributed by atoms with E-state index in [-0.39, 0.29) is 28.3 Å². The lowest BCUT2D eigenvalue weighted by atomic mass is 9.79. The second-order valence-corrected chi connectivity index (χ2v) is 7.09. The average molecular weight is 295 g/mol. The van der Waals surface area contributed by atoms with E-state index in [2.05, 4.69) is 32.2 Å². The van der Waals surface area contributed by atoms with Crippen LogP contribution in [0.4, 0.5) is 4.39 Å². The molecule has 1 N–H and O–H groups in total. The topological polar surface area (TPSA) is 35.8 Å². The molecule has 2 nitrogen and oxygen atoms in total. The Morgan fingerprint density at radius 3 is 2.75 bits per heavy atom. The number of nitriles is 1. The zero-order chi connectivity index (χ0) is 14.9. The summed E-state index contributed by atoms with van der Waals surface area (Å²) in [5, 5.41) is 13.0. The molecule has 4 heteroatoms. The van der Waals surface area contributed by atoms with E-state index in [1.54, 1.807) is 12.1 Å². The zero-order valence-corrected chi connectivity index (χ0v) is 12.8. The van der Waals surface area contributed by atoms with Crippen molar-refractivity contribution in [1.29, 1.82) is 5.26 Å². The van der Waals surface area contributed by atoms with Crippen LogP contribution >= 0.6 is 11.6 Å². The van der Waals surface area contributed by atoms with Crippen LogP contribution in [0.2, 0.25) is 5.02 Å². The first-order chi connectivity index (χ1) is 9.33. The molecular formula is C16H20ClFN2. The van der Waals surface area contributed by atoms with Gasteiger partial charge in [0, 0.05) is 18.5 Å². The van der Waals surface area contributed by atoms with Crippen LogP contribution in [0.3, 0.4) is 0 Å². The highest BCUT2D eigenvalue weighted by Crippen LogP contribution is 2.38. The van der Waals surface area contributed by atoms with E-state index in [4.69, 9.17) is 11.6 Å². The van der Waals surface area contributed by atoms with Crippen molar-refractivity contribution in [2.75, 3.05) is 6.54 Å². The van der Waals surface area contributed by atoms with E-state index >= 15 is 0 Å². The minimum absolute atomic E-state index is 0.100. The number of hydrogen-bond donors (Lipinski definition) is 1. The first-order valence-corrected chi connectivity index (χ1v) is 7.28. The van der Waals surface area contributed by atoms with Gasteiger partial charge in [-0.15, -0.1) is 0 Å². The highest BCUT2D eigenvalue weighted by Gasteiger charge is 2.39. The summed E-state index contributed by atoms with van der Waals surface area (Å²) in [6, 6.07) is 7.47. The predicted molar refractivity (Wildman–Crippen MR) is 79.1 cm³/mol. The Balaban J connectivity index is 2.26. The number of hydrogen-bond acceptors (Lipinski definition) is 2. The summed E-state index contributed by atoms with van der Waals surface area (Å²) in [4.78, 5) is 0. The van der Waals surface area contributed by atoms with Crippen molar-refractivity contribution < 1.29 is 4.39 Å². The van der Waals surface area contributed by atoms with Gasteiger partial charge in [0.1, 0.15) is 5.82 Å². The molecule has 1 aliphatic heterocycles. The Bertz CT molecular complexity index is 530. The number of rotatable bonds is 2. The molecule has 0 amide bonds. The largest absolute Gasteiger partial charge is 0.312 e. The van der Waals surface area contributed by atoms with E-state index < -0.39 is 5.82 Å². The van der Waals surface area contributed by atoms with Crippen molar-refractivity contribution in [2.45, 2.75) is 39.2 Å². The third-order valence-corrected chi connectivity index (χ3v) is 4.12. The molecule has 20 heavy (non-hydrogen) atoms. The monoisotopic (exact) mass is 294 g/mol. The Kier molecular flexibility index (Phi) is 4.36. The maximum absolute atomic E-state index is 14.2. The van der Waals surface area contributed by atoms with Gasteiger partial charge in [-0.05, 0) is 23.5 Å². The Morgan fingerprint density at radius 1 is 1.45 bits per heavy atom. The Morgan fingerprint density at radius 2 is 2.15 bits per heavy atom. The third-order valence-electron chi connectivity index (χ3n) is 3.83. The molecule has 0 aliphatic carbocycles. The van der Waals surface area contributed by atoms with Gasteiger partial charge in [-0.1, -0.05) is 44.5 Å². The van der Waals surface area contributed by atoms with Gasteiger partial charge < -0.3 is 5.32 Å². The van der Waals surface area contributed by atoms with Gasteiger partial charge >= 0.3 is 0 Å². The van der Waals surface area contributed by atoms with Crippen molar-refractivity contribution in [3.8, 4) is 6.07 Å². The van der Waals surface area contributed by atoms with Crippen LogP contribution < -0.4 is 5.32 Å². The van der Waals surface area contributed by atoms with Crippen LogP contribution in [0.5, 0.6) is 0 Å². The summed E-state index contributed by atoms with van der Waals surface area (Å²) >= 11 is 5.85. The molecule has 108 valence electrons. The van der Waals surface area contributed by atoms with Crippen LogP contribution in [0.25, 0.3) is 0 Å². The van der Waals surface area contributed by atoms with Gasteiger partial charge in [-0.2, -0.15) is 5.26 Å². The molecule has 2 rings (SSSR count). The molecule has 1 aromatic carbocycles. The lowest BCUT2D eigenvalue weighted by molar-refractivity contribution is 0.304. The van der Waals surface area contributed by atoms with E-state index in [0.29, 0.717) is 12.1 Å². The van der Waals surface area contributed by atoms with E-state index in [1.165, 1.54) is 6.07 Å². The maximum Gasteiger partial charge on any atom is 0.145 e. The second-order valence-electron chi connectivity index (χ2n) is 6.68. The highest BCUT2D eigenvalue weighted by molar-refractivity contribution is 6.30. The predicted octanol–water partition coefficient (Wildman–Crippen LogP) is 4.11. The fraction of sp³-hybridized carbons (Fsp3) is 0.562. The van der Waals surface area contributed by atoms with Crippen LogP contribution in [-0.2, 0) is 0 Å². The van der Waals surface area contributed by atoms with E-state index in [0.717, 1.165) is 6.42 Å². The average Bonchev–Trinajstić information content (AvgIpc) is 2.73. The van der Waals surface area contributed by atoms with Gasteiger partial charge in [0.05, 0.1) is 17.0 Å². The van der Waals surface area contributed by atoms with Crippen molar-refractivity contribution in [3.05, 3.63) is 34.6 Å². The SMILES string of the molecule is CC(C)(C)C[C@@H]1NC[C@H](c2cccc(Cl)c2F)C1C#N. The number of nitrogens with zero attached hydrogens (tertiary/aromatic N) is 1. The van der Waals surface area contributed by atoms with Gasteiger partial charge in [-0.25, -0.2) is 4.39 Å². The standard InChI is InChI=1S/C16H20ClFN2/c1-16(2,3)7-14-11(8-19)12(9-20-14)10-5-4-6-13(17)15(10)18/h4-6,11-12,14,20H,7,9H2,1-3H3/t11?,12-,14+/m1/s1. The number of benzene rings is 1. The molecule has 1 unspecified atom stereocenters. The van der Waals surface area contributed by atoms with Gasteiger partial charge in [0.2, 0.25) is 0 Å². The minimum atomic E-state index is -0.391. The highest BCUT2D eigenvalue weighted by atomic mass is 35.5. The van der Waals surface area contributed by atoms with Gasteiger partial charge in [0.15, 0.2) is 0 Å². The van der Waals surface area contributed by atoms with Crippen molar-refractivity contribution in [1.82, 2.24) is 5.32 Å². The molecule has 0 radical (unpaired) electrons. The second kappa shape index (κ2) is 5.71. The summed E-state index contributed by atoms with van der Waals surface area (Å²) in [5.41, 5.74) is 0.683. The van der Waals surface area contributed by atoms with Crippen LogP contribution in [-0.4, -0.2) is 12.6 Å². The summed E-state index contributed by atoms with van der Waals surface area (Å²) in [5.74, 6) is -0.745. The van der Waals surface area contributed by atoms with Crippen LogP contribution in [0.15, 0.2) is 18.2 Å². The molecule has 1 aromatic rings. The molecule has 1 fully saturated rings. The molecule has 0 spiro atoms. The summed E-state index contributed by atoms with van der Waals surface area (Å²) in [6.07, 6.45) is 0.893. The third kappa shape index (κ3) is 3.13. The fourth-order valence-electron chi connectivity index (χ4n) is 2.96. The number of halogens is 2. The normalized spacial score (nSPS) is 26.5. The molecule has 1 heterocycles. The summed E-state index contributed by atoms with van der Waals surface area (Å²) in [7, 11) is 0. The molecule has 0 saturated carbocycles. The molecule has 3 atom stereocenters. The van der Waals surface area contributed by atoms with Crippen LogP contribution in [0, 0.1) is 28.5 Å². The lowest BCUT2D eigenvalue weighted by Crippen LogP contribution is -2.31. The molecule has 1 saturated heterocycles. The zero-order valence-electron chi connectivity index (χ0n) is 12.1. The molecule has 0 bridgehead atoms. The van der Waals surface area contributed by atoms with E-state index in [1.807, 2.05) is 0 Å². The molecule has 1 aliphatic rings. The van der Waals surface area contributed by atoms with Crippen molar-refractivity contribution in [3.63, 3.8) is 0 Å². The van der Waals surface area contributed by atoms with Gasteiger partial charge in [-0.3, -0.25) is 0 Å². The van der Waals surface area contributed by atoms with Crippen LogP contribution in [0.1, 0.15) is 38.7 Å². The maximum atomic E-state index is 14.2. The first-order valence-electron chi connectivity index (χ1n) is 6.90. The molecule has 0 aromatic heterocycles. The minimum Gasteiger partial charge on any atom is -0.312 e. The van der Waals surface area contributed by atoms with Crippen molar-refractivity contribution >= 4 is 11.6 Å². The smallest absolute Gasteiger partial charge is 0.145 e. The quantitative estimate of drug-likeness (QED) is 0.891. The Labute approximate surface area is 124 Å². The van der Waals surface area contributed by atoms with Gasteiger partial charge in [0.25, 0.3) is 0 Å². The molecular weight excluding hydrogens is 275 g/mol. The van der Waals surface area contributed by atoms with E-state index in [9.17, 15) is 9.65 Å². The van der Waals surface area contributed by atoms with Crippen molar-refractivity contribution in [2.24, 2.45) is 11.3 Å². The first kappa shape index (κ1) is 15.3. The number of nitrogens with one attached hydrogen (secondary N) is 1. The lowest BCUT2D eigenvalue weighted by Gasteiger charge is -2.26. The Hall–Kier alpha value is -1.11. The summed E-state index contributed by atoms with van der Waals surface area (Å²) < 4.78 is 14.2. The summed E-state index contributed by atoms with van der Waals surface area (Å²) in [6.45, 7) is 7.07. The fourth-order valence-corrected chi connectivity index (χ4v) is 3.14.